The summed E-state index contributed by atoms with van der Waals surface area (Å²) in [7, 11) is 1.74. The smallest absolute Gasteiger partial charge is 0.0845 e. The number of rotatable bonds is 8. The molecule has 2 aromatic rings. The van der Waals surface area contributed by atoms with Crippen LogP contribution in [0.5, 0.6) is 0 Å². The Morgan fingerprint density at radius 2 is 2.09 bits per heavy atom. The summed E-state index contributed by atoms with van der Waals surface area (Å²) >= 11 is 0. The summed E-state index contributed by atoms with van der Waals surface area (Å²) in [6.07, 6.45) is 10.8. The third-order valence-corrected chi connectivity index (χ3v) is 3.55. The molecular weight excluding hydrogens is 286 g/mol. The Morgan fingerprint density at radius 3 is 2.83 bits per heavy atom. The van der Waals surface area contributed by atoms with Crippen LogP contribution in [0.25, 0.3) is 16.6 Å². The van der Waals surface area contributed by atoms with Crippen molar-refractivity contribution in [1.82, 2.24) is 4.57 Å². The first-order valence-corrected chi connectivity index (χ1v) is 8.01. The Morgan fingerprint density at radius 1 is 1.26 bits per heavy atom. The molecule has 0 atom stereocenters. The zero-order valence-electron chi connectivity index (χ0n) is 14.2. The molecule has 0 aliphatic heterocycles. The van der Waals surface area contributed by atoms with Crippen LogP contribution in [0.1, 0.15) is 19.5 Å². The fourth-order valence-corrected chi connectivity index (χ4v) is 2.57. The van der Waals surface area contributed by atoms with Crippen LogP contribution in [-0.2, 0) is 15.9 Å². The van der Waals surface area contributed by atoms with Crippen molar-refractivity contribution in [2.75, 3.05) is 20.3 Å². The number of benzene rings is 1. The summed E-state index contributed by atoms with van der Waals surface area (Å²) in [5, 5.41) is 1.24. The number of nitrogens with zero attached hydrogens (tertiary/aromatic N) is 1. The lowest BCUT2D eigenvalue weighted by atomic mass is 10.2. The molecule has 0 N–H and O–H groups in total. The molecule has 0 unspecified atom stereocenters. The molecule has 0 fully saturated rings. The number of fused-ring (bicyclic) bond motifs is 1. The van der Waals surface area contributed by atoms with Gasteiger partial charge in [0.2, 0.25) is 0 Å². The van der Waals surface area contributed by atoms with Gasteiger partial charge in [-0.2, -0.15) is 0 Å². The van der Waals surface area contributed by atoms with Crippen molar-refractivity contribution < 1.29 is 9.47 Å². The van der Waals surface area contributed by atoms with E-state index in [1.165, 1.54) is 16.6 Å². The maximum absolute atomic E-state index is 5.28. The van der Waals surface area contributed by atoms with Crippen LogP contribution in [-0.4, -0.2) is 24.9 Å². The Labute approximate surface area is 138 Å². The summed E-state index contributed by atoms with van der Waals surface area (Å²) in [4.78, 5) is 0. The van der Waals surface area contributed by atoms with Gasteiger partial charge in [0.05, 0.1) is 25.0 Å². The molecule has 23 heavy (non-hydrogen) atoms. The molecule has 1 aromatic heterocycles. The topological polar surface area (TPSA) is 23.4 Å². The first-order chi connectivity index (χ1) is 11.3. The van der Waals surface area contributed by atoms with Gasteiger partial charge in [0.1, 0.15) is 0 Å². The van der Waals surface area contributed by atoms with E-state index in [0.717, 1.165) is 12.1 Å². The number of hydrogen-bond acceptors (Lipinski definition) is 2. The molecule has 0 spiro atoms. The molecule has 2 rings (SSSR count). The molecule has 0 bridgehead atoms. The van der Waals surface area contributed by atoms with Crippen molar-refractivity contribution >= 4 is 16.6 Å². The maximum Gasteiger partial charge on any atom is 0.0845 e. The second kappa shape index (κ2) is 9.01. The molecule has 0 saturated carbocycles. The van der Waals surface area contributed by atoms with Gasteiger partial charge in [-0.05, 0) is 44.2 Å². The molecule has 1 heterocycles. The number of aromatic nitrogens is 1. The van der Waals surface area contributed by atoms with Crippen LogP contribution < -0.4 is 0 Å². The molecule has 1 aromatic carbocycles. The number of para-hydroxylation sites is 1. The fourth-order valence-electron chi connectivity index (χ4n) is 2.57. The van der Waals surface area contributed by atoms with Crippen molar-refractivity contribution in [1.29, 1.82) is 0 Å². The van der Waals surface area contributed by atoms with E-state index in [9.17, 15) is 0 Å². The van der Waals surface area contributed by atoms with Gasteiger partial charge < -0.3 is 14.0 Å². The highest BCUT2D eigenvalue weighted by molar-refractivity contribution is 5.86. The van der Waals surface area contributed by atoms with E-state index in [0.29, 0.717) is 13.2 Å². The fraction of sp³-hybridized carbons (Fsp3) is 0.300. The van der Waals surface area contributed by atoms with E-state index in [1.807, 2.05) is 19.9 Å². The van der Waals surface area contributed by atoms with Crippen molar-refractivity contribution in [2.24, 2.45) is 0 Å². The van der Waals surface area contributed by atoms with Crippen LogP contribution in [0.4, 0.5) is 0 Å². The maximum atomic E-state index is 5.28. The Balaban J connectivity index is 2.51. The zero-order valence-corrected chi connectivity index (χ0v) is 14.2. The van der Waals surface area contributed by atoms with E-state index < -0.39 is 0 Å². The lowest BCUT2D eigenvalue weighted by Gasteiger charge is -2.11. The van der Waals surface area contributed by atoms with E-state index >= 15 is 0 Å². The number of ether oxygens (including phenoxy) is 2. The van der Waals surface area contributed by atoms with Crippen molar-refractivity contribution in [3.8, 4) is 0 Å². The molecule has 3 heteroatoms. The lowest BCUT2D eigenvalue weighted by Crippen LogP contribution is -2.04. The van der Waals surface area contributed by atoms with Gasteiger partial charge in [0.25, 0.3) is 0 Å². The van der Waals surface area contributed by atoms with Gasteiger partial charge in [-0.1, -0.05) is 24.3 Å². The van der Waals surface area contributed by atoms with Gasteiger partial charge in [-0.25, -0.2) is 0 Å². The van der Waals surface area contributed by atoms with Crippen molar-refractivity contribution in [2.45, 2.75) is 20.3 Å². The predicted molar refractivity (Wildman–Crippen MR) is 97.4 cm³/mol. The second-order valence-corrected chi connectivity index (χ2v) is 5.15. The first-order valence-electron chi connectivity index (χ1n) is 8.01. The van der Waals surface area contributed by atoms with Crippen molar-refractivity contribution in [3.63, 3.8) is 0 Å². The van der Waals surface area contributed by atoms with Gasteiger partial charge in [0, 0.05) is 30.3 Å². The van der Waals surface area contributed by atoms with Crippen LogP contribution in [0.2, 0.25) is 0 Å². The number of allylic oxidation sites excluding steroid dienone is 5. The molecular formula is C20H25NO2. The minimum absolute atomic E-state index is 0.675. The van der Waals surface area contributed by atoms with Gasteiger partial charge in [-0.3, -0.25) is 0 Å². The quantitative estimate of drug-likeness (QED) is 0.516. The molecule has 0 amide bonds. The Hall–Kier alpha value is -2.26. The monoisotopic (exact) mass is 311 g/mol. The van der Waals surface area contributed by atoms with E-state index in [2.05, 4.69) is 53.1 Å². The summed E-state index contributed by atoms with van der Waals surface area (Å²) in [6.45, 7) is 5.38. The highest BCUT2D eigenvalue weighted by Crippen LogP contribution is 2.25. The largest absolute Gasteiger partial charge is 0.501 e. The SMILES string of the molecule is C\C=C/C(=C\C=C\OCC)n1c(CCOC)cc2ccccc21. The van der Waals surface area contributed by atoms with Gasteiger partial charge in [-0.15, -0.1) is 0 Å². The molecule has 0 aliphatic carbocycles. The average molecular weight is 311 g/mol. The highest BCUT2D eigenvalue weighted by Gasteiger charge is 2.10. The molecule has 0 aliphatic rings. The minimum atomic E-state index is 0.675. The Bertz CT molecular complexity index is 708. The summed E-state index contributed by atoms with van der Waals surface area (Å²) in [5.74, 6) is 0. The third-order valence-electron chi connectivity index (χ3n) is 3.55. The summed E-state index contributed by atoms with van der Waals surface area (Å²) in [6, 6.07) is 10.7. The molecule has 122 valence electrons. The summed E-state index contributed by atoms with van der Waals surface area (Å²) < 4.78 is 12.8. The minimum Gasteiger partial charge on any atom is -0.501 e. The van der Waals surface area contributed by atoms with Crippen molar-refractivity contribution in [3.05, 3.63) is 66.6 Å². The predicted octanol–water partition coefficient (Wildman–Crippen LogP) is 4.80. The first kappa shape index (κ1) is 17.1. The Kier molecular flexibility index (Phi) is 6.70. The molecule has 0 saturated heterocycles. The van der Waals surface area contributed by atoms with Crippen LogP contribution >= 0.6 is 0 Å². The zero-order chi connectivity index (χ0) is 16.5. The lowest BCUT2D eigenvalue weighted by molar-refractivity contribution is 0.201. The molecule has 0 radical (unpaired) electrons. The normalized spacial score (nSPS) is 12.7. The van der Waals surface area contributed by atoms with E-state index in [-0.39, 0.29) is 0 Å². The van der Waals surface area contributed by atoms with Crippen LogP contribution in [0.3, 0.4) is 0 Å². The number of methoxy groups -OCH3 is 1. The third kappa shape index (κ3) is 4.36. The van der Waals surface area contributed by atoms with Gasteiger partial charge in [0.15, 0.2) is 0 Å². The molecule has 3 nitrogen and oxygen atoms in total. The van der Waals surface area contributed by atoms with Crippen LogP contribution in [0.15, 0.2) is 60.9 Å². The van der Waals surface area contributed by atoms with Gasteiger partial charge >= 0.3 is 0 Å². The van der Waals surface area contributed by atoms with E-state index in [1.54, 1.807) is 13.4 Å². The second-order valence-electron chi connectivity index (χ2n) is 5.15. The van der Waals surface area contributed by atoms with E-state index in [4.69, 9.17) is 9.47 Å². The average Bonchev–Trinajstić information content (AvgIpc) is 2.94. The standard InChI is InChI=1S/C20H25NO2/c1-4-9-18(11-8-14-23-5-2)21-19(13-15-22-3)16-17-10-6-7-12-20(17)21/h4,6-12,14,16H,5,13,15H2,1-3H3/b9-4-,14-8+,18-11+. The summed E-state index contributed by atoms with van der Waals surface area (Å²) in [5.41, 5.74) is 3.55. The highest BCUT2D eigenvalue weighted by atomic mass is 16.5. The number of hydrogen-bond donors (Lipinski definition) is 0. The van der Waals surface area contributed by atoms with Crippen LogP contribution in [0, 0.1) is 0 Å².